The molecule has 6 heterocycles. The highest BCUT2D eigenvalue weighted by atomic mass is 32.2. The van der Waals surface area contributed by atoms with E-state index in [0.29, 0.717) is 64.2 Å². The highest BCUT2D eigenvalue weighted by molar-refractivity contribution is 8.00. The summed E-state index contributed by atoms with van der Waals surface area (Å²) in [6.07, 6.45) is 8.06. The van der Waals surface area contributed by atoms with Gasteiger partial charge in [0.2, 0.25) is 100 Å². The van der Waals surface area contributed by atoms with Crippen LogP contribution in [0.3, 0.4) is 0 Å². The largest absolute Gasteiger partial charge is 0.394 e. The summed E-state index contributed by atoms with van der Waals surface area (Å²) in [4.78, 5) is 276. The minimum absolute atomic E-state index is 0.0192. The zero-order chi connectivity index (χ0) is 99.7. The van der Waals surface area contributed by atoms with Crippen molar-refractivity contribution in [3.63, 3.8) is 0 Å². The number of aromatic nitrogens is 6. The number of para-hydroxylation sites is 2. The number of carbonyl (C=O) groups is 17. The molecule has 24 N–H and O–H groups in total. The van der Waals surface area contributed by atoms with Crippen LogP contribution >= 0.6 is 11.8 Å². The summed E-state index contributed by atoms with van der Waals surface area (Å²) < 4.78 is 0. The lowest BCUT2D eigenvalue weighted by molar-refractivity contribution is -0.149. The molecule has 9 rings (SSSR count). The molecule has 2 fully saturated rings. The maximum Gasteiger partial charge on any atom is 0.246 e. The van der Waals surface area contributed by atoms with E-state index in [0.717, 1.165) is 21.6 Å². The molecular weight excluding hydrogens is 1790 g/mol. The van der Waals surface area contributed by atoms with Gasteiger partial charge in [0.1, 0.15) is 84.6 Å². The molecule has 2 saturated heterocycles. The van der Waals surface area contributed by atoms with Crippen molar-refractivity contribution in [1.82, 2.24) is 113 Å². The number of likely N-dealkylation sites (N-methyl/N-ethyl adjacent to an activating group) is 3. The van der Waals surface area contributed by atoms with Crippen molar-refractivity contribution in [1.29, 1.82) is 5.41 Å². The first kappa shape index (κ1) is 106. The van der Waals surface area contributed by atoms with Gasteiger partial charge in [-0.25, -0.2) is 9.97 Å². The lowest BCUT2D eigenvalue weighted by Crippen LogP contribution is -2.62. The Kier molecular flexibility index (Phi) is 40.4. The predicted molar refractivity (Wildman–Crippen MR) is 506 cm³/mol. The predicted octanol–water partition coefficient (Wildman–Crippen LogP) is -2.15. The SMILES string of the molecule is CCCC[C@H]1C(=O)N(C)[C@@H](CCCC)C(=O)N[C@@H](CC(C)C)C(=O)N[C@H](C(=O)NCC(N)=O)CSCC(=O)N[C@@H](Cc2ccccc2)C(=O)N(C)[C@@H](C)C(=O)N[C@@H](CC(N)=O)C(=O)N2CCCC2C(=O)N[C@@H](Cc2cnc[nH]2)C(=O)N[C@@H](Cc2c[nH]cn2)C(=O)N[C@@H](CO)C(=O)N[C@@H](Cc2c[nH]c3ccccc23)C(=O)N[C@@H](CCCNC(=N)N)C(=O)N[C@@H](Cc2c[nH]c3ccccc23)C(=O)N1C. The summed E-state index contributed by atoms with van der Waals surface area (Å²) in [6, 6.07) is 0.865. The number of carbonyl (C=O) groups excluding carboxylic acids is 17. The molecular formula is C92H128N26O18S. The van der Waals surface area contributed by atoms with E-state index < -0.39 is 223 Å². The van der Waals surface area contributed by atoms with Gasteiger partial charge < -0.3 is 126 Å². The molecule has 0 aliphatic carbocycles. The van der Waals surface area contributed by atoms with Gasteiger partial charge in [-0.2, -0.15) is 0 Å². The lowest BCUT2D eigenvalue weighted by Gasteiger charge is -2.36. The van der Waals surface area contributed by atoms with Crippen molar-refractivity contribution >= 4 is 140 Å². The second-order valence-electron chi connectivity index (χ2n) is 34.7. The van der Waals surface area contributed by atoms with Crippen molar-refractivity contribution in [3.8, 4) is 0 Å². The van der Waals surface area contributed by atoms with Crippen molar-refractivity contribution in [2.45, 2.75) is 228 Å². The van der Waals surface area contributed by atoms with Crippen LogP contribution in [0.5, 0.6) is 0 Å². The van der Waals surface area contributed by atoms with Gasteiger partial charge in [-0.1, -0.05) is 120 Å². The Labute approximate surface area is 796 Å². The minimum atomic E-state index is -1.93. The van der Waals surface area contributed by atoms with Gasteiger partial charge in [0, 0.05) is 124 Å². The number of thioether (sulfide) groups is 1. The average Bonchev–Trinajstić information content (AvgIpc) is 1.80. The standard InChI is InChI=1S/C92H128N26O18S/c1-9-11-29-72-86(131)109-63(34-51(3)4)81(126)114-71(79(124)102-45-76(94)121)47-137-48-77(122)105-67(35-53-22-14-13-15-23-53)88(133)115(6)52(5)78(123)111-69(40-75(93)120)90(135)118-33-21-31-73(118)87(132)110-66(39-57-44-98-50-104-57)83(128)108-65(38-56-43-97-49-103-56)84(129)113-70(46-119)85(130)107-64(36-54-41-100-60-26-18-16-24-58(54)60)82(127)106-62(28-20-32-99-92(95)96)80(125)112-68(37-55-42-101-61-27-19-17-25-59(55)61)89(134)117(8)74(30-12-10-2)91(136)116(72)7/h13-19,22-27,41-44,49-52,62-74,100-101,119H,9-12,20-21,28-40,45-48H2,1-8H3,(H2,93,120)(H2,94,121)(H,97,103)(H,98,104)(H,102,124)(H,105,122)(H,106,127)(H,107,130)(H,108,128)(H,109,131)(H,110,132)(H,111,123)(H,112,125)(H,113,129)(H,114,126)(H4,95,96,99)/t52-,62-,63-,64-,65-,66-,67-,68-,69-,70-,71-,72-,73?,74-/m0/s1. The molecule has 2 aliphatic rings. The summed E-state index contributed by atoms with van der Waals surface area (Å²) in [7, 11) is 4.03. The summed E-state index contributed by atoms with van der Waals surface area (Å²) in [5.41, 5.74) is 20.2. The number of hydrogen-bond donors (Lipinski definition) is 21. The van der Waals surface area contributed by atoms with Crippen LogP contribution in [0.2, 0.25) is 0 Å². The van der Waals surface area contributed by atoms with Gasteiger partial charge in [-0.3, -0.25) is 86.9 Å². The van der Waals surface area contributed by atoms with Gasteiger partial charge in [0.25, 0.3) is 0 Å². The molecule has 45 heteroatoms. The van der Waals surface area contributed by atoms with E-state index in [2.05, 4.69) is 93.7 Å². The molecule has 740 valence electrons. The maximum absolute atomic E-state index is 15.9. The second kappa shape index (κ2) is 52.0. The first-order chi connectivity index (χ1) is 65.5. The number of aliphatic hydroxyl groups is 1. The molecule has 3 aromatic carbocycles. The van der Waals surface area contributed by atoms with Crippen LogP contribution in [-0.4, -0.2) is 304 Å². The highest BCUT2D eigenvalue weighted by Gasteiger charge is 2.44. The molecule has 7 aromatic rings. The number of rotatable bonds is 28. The smallest absolute Gasteiger partial charge is 0.246 e. The topological polar surface area (TPSA) is 659 Å². The molecule has 1 unspecified atom stereocenters. The van der Waals surface area contributed by atoms with Gasteiger partial charge in [-0.15, -0.1) is 11.8 Å². The Bertz CT molecular complexity index is 5360. The molecule has 0 radical (unpaired) electrons. The number of amides is 17. The zero-order valence-corrected chi connectivity index (χ0v) is 78.9. The normalized spacial score (nSPS) is 23.5. The van der Waals surface area contributed by atoms with Gasteiger partial charge in [0.15, 0.2) is 5.96 Å². The molecule has 4 aromatic heterocycles. The van der Waals surface area contributed by atoms with Crippen LogP contribution in [0, 0.1) is 11.3 Å². The summed E-state index contributed by atoms with van der Waals surface area (Å²) in [5, 5.41) is 52.4. The number of benzene rings is 3. The highest BCUT2D eigenvalue weighted by Crippen LogP contribution is 2.27. The van der Waals surface area contributed by atoms with Crippen LogP contribution in [0.4, 0.5) is 0 Å². The number of primary amides is 2. The summed E-state index contributed by atoms with van der Waals surface area (Å²) >= 11 is 0.823. The number of H-pyrrole nitrogens is 4. The number of hydrogen-bond acceptors (Lipinski definition) is 22. The second-order valence-corrected chi connectivity index (χ2v) is 35.8. The lowest BCUT2D eigenvalue weighted by atomic mass is 9.99. The van der Waals surface area contributed by atoms with Crippen LogP contribution < -0.4 is 81.0 Å². The number of imidazole rings is 2. The molecule has 17 amide bonds. The van der Waals surface area contributed by atoms with E-state index in [1.54, 1.807) is 105 Å². The number of unbranched alkanes of at least 4 members (excludes halogenated alkanes) is 2. The quantitative estimate of drug-likeness (QED) is 0.0141. The van der Waals surface area contributed by atoms with Crippen LogP contribution in [0.25, 0.3) is 21.8 Å². The monoisotopic (exact) mass is 1920 g/mol. The number of nitrogens with zero attached hydrogens (tertiary/aromatic N) is 6. The number of nitrogens with two attached hydrogens (primary N) is 3. The van der Waals surface area contributed by atoms with E-state index in [4.69, 9.17) is 22.6 Å². The minimum Gasteiger partial charge on any atom is -0.394 e. The fourth-order valence-electron chi connectivity index (χ4n) is 16.4. The third-order valence-corrected chi connectivity index (χ3v) is 25.0. The Hall–Kier alpha value is -14.3. The van der Waals surface area contributed by atoms with E-state index in [-0.39, 0.29) is 107 Å². The van der Waals surface area contributed by atoms with Crippen molar-refractivity contribution in [2.24, 2.45) is 23.1 Å². The molecule has 44 nitrogen and oxygen atoms in total. The van der Waals surface area contributed by atoms with Gasteiger partial charge in [-0.05, 0) is 86.6 Å². The average molecular weight is 1920 g/mol. The molecule has 0 spiro atoms. The van der Waals surface area contributed by atoms with E-state index >= 15 is 38.4 Å². The Morgan fingerprint density at radius 3 is 1.65 bits per heavy atom. The van der Waals surface area contributed by atoms with Crippen LogP contribution in [0.15, 0.2) is 116 Å². The van der Waals surface area contributed by atoms with Gasteiger partial charge >= 0.3 is 0 Å². The number of fused-ring (bicyclic) bond motifs is 3. The van der Waals surface area contributed by atoms with E-state index in [1.165, 1.54) is 62.9 Å². The first-order valence-corrected chi connectivity index (χ1v) is 47.0. The molecule has 2 aliphatic heterocycles. The zero-order valence-electron chi connectivity index (χ0n) is 78.1. The fraction of sp³-hybridized carbons (Fsp3) is 0.500. The van der Waals surface area contributed by atoms with E-state index in [1.807, 2.05) is 13.8 Å². The van der Waals surface area contributed by atoms with E-state index in [9.17, 15) is 48.3 Å². The molecule has 137 heavy (non-hydrogen) atoms. The first-order valence-electron chi connectivity index (χ1n) is 45.8. The number of nitrogens with one attached hydrogen (secondary N) is 17. The maximum atomic E-state index is 15.9. The molecule has 14 atom stereocenters. The van der Waals surface area contributed by atoms with Crippen molar-refractivity contribution in [3.05, 3.63) is 144 Å². The number of aliphatic hydroxyl groups excluding tert-OH is 1. The third-order valence-electron chi connectivity index (χ3n) is 24.0. The molecule has 0 bridgehead atoms. The Morgan fingerprint density at radius 1 is 0.526 bits per heavy atom. The van der Waals surface area contributed by atoms with Crippen molar-refractivity contribution in [2.75, 3.05) is 58.9 Å². The number of guanidine groups is 1. The number of aromatic amines is 4. The fourth-order valence-corrected chi connectivity index (χ4v) is 17.2. The van der Waals surface area contributed by atoms with Gasteiger partial charge in [0.05, 0.1) is 43.7 Å². The van der Waals surface area contributed by atoms with Crippen LogP contribution in [0.1, 0.15) is 140 Å². The third kappa shape index (κ3) is 30.9. The Morgan fingerprint density at radius 2 is 1.06 bits per heavy atom. The van der Waals surface area contributed by atoms with Crippen molar-refractivity contribution < 1.29 is 86.6 Å². The molecule has 0 saturated carbocycles. The summed E-state index contributed by atoms with van der Waals surface area (Å²) in [6.45, 7) is 6.61. The summed E-state index contributed by atoms with van der Waals surface area (Å²) in [5.74, 6) is -17.5. The van der Waals surface area contributed by atoms with Crippen LogP contribution in [-0.2, 0) is 114 Å². The Balaban J connectivity index is 1.11.